The second-order valence-electron chi connectivity index (χ2n) is 6.37. The topological polar surface area (TPSA) is 49.4 Å². The van der Waals surface area contributed by atoms with E-state index in [1.807, 2.05) is 18.2 Å². The molecule has 0 aliphatic carbocycles. The van der Waals surface area contributed by atoms with Gasteiger partial charge in [0, 0.05) is 29.7 Å². The number of benzene rings is 2. The minimum absolute atomic E-state index is 0.0210. The molecule has 1 aliphatic heterocycles. The van der Waals surface area contributed by atoms with Gasteiger partial charge < -0.3 is 10.2 Å². The van der Waals surface area contributed by atoms with Gasteiger partial charge in [-0.25, -0.2) is 0 Å². The monoisotopic (exact) mass is 354 g/mol. The van der Waals surface area contributed by atoms with E-state index < -0.39 is 0 Å². The number of anilines is 2. The number of hydrogen-bond donors (Lipinski definition) is 1. The number of amides is 2. The third kappa shape index (κ3) is 4.04. The van der Waals surface area contributed by atoms with Crippen molar-refractivity contribution in [2.75, 3.05) is 22.5 Å². The Kier molecular flexibility index (Phi) is 5.13. The average Bonchev–Trinajstić information content (AvgIpc) is 2.99. The van der Waals surface area contributed by atoms with Gasteiger partial charge in [-0.1, -0.05) is 17.7 Å². The summed E-state index contributed by atoms with van der Waals surface area (Å²) in [5, 5.41) is 2.96. The highest BCUT2D eigenvalue weighted by atomic mass is 32.2. The molecule has 2 amide bonds. The van der Waals surface area contributed by atoms with Crippen molar-refractivity contribution in [3.05, 3.63) is 53.1 Å². The number of rotatable bonds is 4. The van der Waals surface area contributed by atoms with Crippen LogP contribution in [-0.2, 0) is 16.0 Å². The minimum Gasteiger partial charge on any atom is -0.325 e. The Labute approximate surface area is 152 Å². The summed E-state index contributed by atoms with van der Waals surface area (Å²) in [4.78, 5) is 26.8. The third-order valence-electron chi connectivity index (χ3n) is 4.34. The highest BCUT2D eigenvalue weighted by Crippen LogP contribution is 2.30. The molecule has 130 valence electrons. The zero-order valence-corrected chi connectivity index (χ0v) is 15.6. The Morgan fingerprint density at radius 3 is 2.72 bits per heavy atom. The highest BCUT2D eigenvalue weighted by Gasteiger charge is 2.22. The first-order chi connectivity index (χ1) is 11.9. The van der Waals surface area contributed by atoms with Gasteiger partial charge in [-0.2, -0.15) is 0 Å². The van der Waals surface area contributed by atoms with E-state index in [1.165, 1.54) is 11.1 Å². The second-order valence-corrected chi connectivity index (χ2v) is 7.39. The Hall–Kier alpha value is -2.27. The summed E-state index contributed by atoms with van der Waals surface area (Å²) in [6.07, 6.45) is 0.829. The molecular formula is C20H22N2O2S. The molecule has 0 aromatic heterocycles. The maximum Gasteiger partial charge on any atom is 0.234 e. The molecule has 4 nitrogen and oxygen atoms in total. The van der Waals surface area contributed by atoms with Crippen LogP contribution in [0.2, 0.25) is 0 Å². The van der Waals surface area contributed by atoms with Crippen LogP contribution in [0, 0.1) is 13.8 Å². The summed E-state index contributed by atoms with van der Waals surface area (Å²) < 4.78 is 0. The molecule has 0 atom stereocenters. The fourth-order valence-electron chi connectivity index (χ4n) is 3.01. The van der Waals surface area contributed by atoms with Crippen molar-refractivity contribution in [1.29, 1.82) is 0 Å². The molecular weight excluding hydrogens is 332 g/mol. The molecule has 0 unspecified atom stereocenters. The fourth-order valence-corrected chi connectivity index (χ4v) is 3.93. The van der Waals surface area contributed by atoms with E-state index in [-0.39, 0.29) is 11.8 Å². The van der Waals surface area contributed by atoms with Gasteiger partial charge in [0.05, 0.1) is 5.75 Å². The number of aryl methyl sites for hydroxylation is 2. The van der Waals surface area contributed by atoms with Gasteiger partial charge in [0.1, 0.15) is 0 Å². The Balaban J connectivity index is 1.62. The van der Waals surface area contributed by atoms with Crippen LogP contribution in [0.15, 0.2) is 41.3 Å². The Bertz CT molecular complexity index is 832. The zero-order valence-electron chi connectivity index (χ0n) is 14.8. The molecule has 0 spiro atoms. The summed E-state index contributed by atoms with van der Waals surface area (Å²) in [5.74, 6) is 0.411. The predicted octanol–water partition coefficient (Wildman–Crippen LogP) is 3.94. The van der Waals surface area contributed by atoms with Crippen molar-refractivity contribution in [2.24, 2.45) is 0 Å². The van der Waals surface area contributed by atoms with Crippen LogP contribution >= 0.6 is 11.8 Å². The van der Waals surface area contributed by atoms with E-state index in [9.17, 15) is 9.59 Å². The van der Waals surface area contributed by atoms with Crippen LogP contribution in [0.3, 0.4) is 0 Å². The maximum atomic E-state index is 12.3. The molecule has 25 heavy (non-hydrogen) atoms. The Morgan fingerprint density at radius 2 is 1.96 bits per heavy atom. The summed E-state index contributed by atoms with van der Waals surface area (Å²) in [7, 11) is 0. The van der Waals surface area contributed by atoms with E-state index in [1.54, 1.807) is 23.6 Å². The number of nitrogens with one attached hydrogen (secondary N) is 1. The molecule has 5 heteroatoms. The summed E-state index contributed by atoms with van der Waals surface area (Å²) in [5.41, 5.74) is 5.23. The molecule has 3 rings (SSSR count). The summed E-state index contributed by atoms with van der Waals surface area (Å²) in [6, 6.07) is 12.0. The second kappa shape index (κ2) is 7.31. The van der Waals surface area contributed by atoms with E-state index in [4.69, 9.17) is 0 Å². The van der Waals surface area contributed by atoms with Crippen LogP contribution in [0.1, 0.15) is 23.6 Å². The highest BCUT2D eigenvalue weighted by molar-refractivity contribution is 8.00. The van der Waals surface area contributed by atoms with E-state index in [2.05, 4.69) is 37.4 Å². The lowest BCUT2D eigenvalue weighted by Gasteiger charge is -2.15. The lowest BCUT2D eigenvalue weighted by atomic mass is 10.1. The molecule has 0 saturated carbocycles. The first kappa shape index (κ1) is 17.5. The van der Waals surface area contributed by atoms with Gasteiger partial charge in [-0.15, -0.1) is 11.8 Å². The number of carbonyl (C=O) groups is 2. The van der Waals surface area contributed by atoms with Crippen LogP contribution in [-0.4, -0.2) is 24.1 Å². The zero-order chi connectivity index (χ0) is 18.0. The molecule has 0 saturated heterocycles. The molecule has 0 fully saturated rings. The first-order valence-electron chi connectivity index (χ1n) is 8.35. The van der Waals surface area contributed by atoms with Crippen molar-refractivity contribution < 1.29 is 9.59 Å². The van der Waals surface area contributed by atoms with Crippen LogP contribution in [0.5, 0.6) is 0 Å². The standard InChI is InChI=1S/C20H22N2O2S/c1-13-4-5-14(2)19(10-13)25-12-20(24)21-17-6-7-18-16(11-17)8-9-22(18)15(3)23/h4-7,10-11H,8-9,12H2,1-3H3,(H,21,24). The molecule has 0 radical (unpaired) electrons. The number of carbonyl (C=O) groups excluding carboxylic acids is 2. The van der Waals surface area contributed by atoms with Gasteiger partial charge in [0.2, 0.25) is 11.8 Å². The fraction of sp³-hybridized carbons (Fsp3) is 0.300. The SMILES string of the molecule is CC(=O)N1CCc2cc(NC(=O)CSc3cc(C)ccc3C)ccc21. The summed E-state index contributed by atoms with van der Waals surface area (Å²) in [6.45, 7) is 6.40. The number of thioether (sulfide) groups is 1. The smallest absolute Gasteiger partial charge is 0.234 e. The van der Waals surface area contributed by atoms with Crippen molar-refractivity contribution in [3.63, 3.8) is 0 Å². The largest absolute Gasteiger partial charge is 0.325 e. The quantitative estimate of drug-likeness (QED) is 0.846. The van der Waals surface area contributed by atoms with Crippen LogP contribution in [0.4, 0.5) is 11.4 Å². The van der Waals surface area contributed by atoms with Gasteiger partial charge in [-0.3, -0.25) is 9.59 Å². The number of hydrogen-bond acceptors (Lipinski definition) is 3. The van der Waals surface area contributed by atoms with E-state index in [0.717, 1.165) is 28.3 Å². The lowest BCUT2D eigenvalue weighted by Crippen LogP contribution is -2.25. The lowest BCUT2D eigenvalue weighted by molar-refractivity contribution is -0.116. The van der Waals surface area contributed by atoms with Gasteiger partial charge in [0.15, 0.2) is 0 Å². The molecule has 2 aromatic rings. The van der Waals surface area contributed by atoms with Gasteiger partial charge in [-0.05, 0) is 55.7 Å². The van der Waals surface area contributed by atoms with Crippen molar-refractivity contribution >= 4 is 35.0 Å². The maximum absolute atomic E-state index is 12.3. The third-order valence-corrected chi connectivity index (χ3v) is 5.50. The normalized spacial score (nSPS) is 12.8. The Morgan fingerprint density at radius 1 is 1.16 bits per heavy atom. The van der Waals surface area contributed by atoms with Crippen molar-refractivity contribution in [1.82, 2.24) is 0 Å². The summed E-state index contributed by atoms with van der Waals surface area (Å²) >= 11 is 1.55. The first-order valence-corrected chi connectivity index (χ1v) is 9.33. The van der Waals surface area contributed by atoms with Gasteiger partial charge in [0.25, 0.3) is 0 Å². The van der Waals surface area contributed by atoms with Crippen LogP contribution in [0.25, 0.3) is 0 Å². The molecule has 1 N–H and O–H groups in total. The molecule has 1 aliphatic rings. The van der Waals surface area contributed by atoms with Crippen LogP contribution < -0.4 is 10.2 Å². The van der Waals surface area contributed by atoms with Crippen molar-refractivity contribution in [2.45, 2.75) is 32.1 Å². The van der Waals surface area contributed by atoms with E-state index >= 15 is 0 Å². The number of nitrogens with zero attached hydrogens (tertiary/aromatic N) is 1. The molecule has 1 heterocycles. The van der Waals surface area contributed by atoms with Crippen molar-refractivity contribution in [3.8, 4) is 0 Å². The predicted molar refractivity (Wildman–Crippen MR) is 103 cm³/mol. The number of fused-ring (bicyclic) bond motifs is 1. The molecule has 0 bridgehead atoms. The molecule has 2 aromatic carbocycles. The van der Waals surface area contributed by atoms with Gasteiger partial charge >= 0.3 is 0 Å². The van der Waals surface area contributed by atoms with E-state index in [0.29, 0.717) is 12.3 Å². The minimum atomic E-state index is -0.0210. The average molecular weight is 354 g/mol.